The van der Waals surface area contributed by atoms with Crippen LogP contribution in [-0.4, -0.2) is 38.7 Å². The third-order valence-corrected chi connectivity index (χ3v) is 4.24. The van der Waals surface area contributed by atoms with Gasteiger partial charge in [-0.05, 0) is 30.7 Å². The number of benzene rings is 2. The fourth-order valence-corrected chi connectivity index (χ4v) is 2.70. The molecule has 148 valence electrons. The topological polar surface area (TPSA) is 129 Å². The van der Waals surface area contributed by atoms with E-state index < -0.39 is 16.8 Å². The molecule has 0 aliphatic heterocycles. The number of esters is 1. The third kappa shape index (κ3) is 4.43. The van der Waals surface area contributed by atoms with E-state index in [4.69, 9.17) is 0 Å². The van der Waals surface area contributed by atoms with Crippen LogP contribution in [0.5, 0.6) is 0 Å². The van der Waals surface area contributed by atoms with Crippen LogP contribution in [0.2, 0.25) is 0 Å². The predicted octanol–water partition coefficient (Wildman–Crippen LogP) is 2.45. The van der Waals surface area contributed by atoms with Crippen LogP contribution in [0.1, 0.15) is 39.2 Å². The van der Waals surface area contributed by atoms with Crippen molar-refractivity contribution in [1.29, 1.82) is 0 Å². The van der Waals surface area contributed by atoms with Crippen LogP contribution >= 0.6 is 0 Å². The fourth-order valence-electron chi connectivity index (χ4n) is 2.70. The first-order chi connectivity index (χ1) is 13.9. The largest absolute Gasteiger partial charge is 0.465 e. The van der Waals surface area contributed by atoms with E-state index in [9.17, 15) is 19.7 Å². The zero-order valence-corrected chi connectivity index (χ0v) is 15.6. The first-order valence-corrected chi connectivity index (χ1v) is 8.52. The van der Waals surface area contributed by atoms with Gasteiger partial charge in [-0.15, -0.1) is 0 Å². The minimum atomic E-state index is -0.764. The van der Waals surface area contributed by atoms with E-state index in [-0.39, 0.29) is 22.9 Å². The molecule has 0 aliphatic carbocycles. The summed E-state index contributed by atoms with van der Waals surface area (Å²) in [4.78, 5) is 38.7. The molecule has 1 atom stereocenters. The van der Waals surface area contributed by atoms with Crippen LogP contribution in [0.3, 0.4) is 0 Å². The number of nitrogens with one attached hydrogen (secondary N) is 1. The normalized spacial score (nSPS) is 11.5. The molecule has 3 aromatic rings. The Labute approximate surface area is 165 Å². The Hall–Kier alpha value is -4.08. The number of hydrogen-bond acceptors (Lipinski definition) is 7. The molecule has 10 nitrogen and oxygen atoms in total. The van der Waals surface area contributed by atoms with E-state index in [0.717, 1.165) is 30.5 Å². The molecule has 1 N–H and O–H groups in total. The van der Waals surface area contributed by atoms with E-state index >= 15 is 0 Å². The molecule has 0 fully saturated rings. The van der Waals surface area contributed by atoms with Gasteiger partial charge in [0.15, 0.2) is 0 Å². The summed E-state index contributed by atoms with van der Waals surface area (Å²) in [6.07, 6.45) is 3.00. The first kappa shape index (κ1) is 19.7. The maximum atomic E-state index is 12.6. The quantitative estimate of drug-likeness (QED) is 0.385. The number of methoxy groups -OCH3 is 1. The van der Waals surface area contributed by atoms with Gasteiger partial charge in [0.05, 0.1) is 29.3 Å². The monoisotopic (exact) mass is 395 g/mol. The summed E-state index contributed by atoms with van der Waals surface area (Å²) in [6, 6.07) is 10.4. The highest BCUT2D eigenvalue weighted by Gasteiger charge is 2.19. The Morgan fingerprint density at radius 2 is 1.86 bits per heavy atom. The highest BCUT2D eigenvalue weighted by atomic mass is 16.6. The van der Waals surface area contributed by atoms with E-state index in [1.807, 2.05) is 24.3 Å². The molecule has 1 aromatic heterocycles. The summed E-state index contributed by atoms with van der Waals surface area (Å²) in [7, 11) is 1.16. The lowest BCUT2D eigenvalue weighted by Gasteiger charge is -2.15. The molecule has 0 radical (unpaired) electrons. The van der Waals surface area contributed by atoms with Crippen LogP contribution in [0.25, 0.3) is 5.69 Å². The van der Waals surface area contributed by atoms with Crippen LogP contribution in [0, 0.1) is 10.1 Å². The van der Waals surface area contributed by atoms with Gasteiger partial charge < -0.3 is 10.1 Å². The molecule has 1 heterocycles. The van der Waals surface area contributed by atoms with E-state index in [2.05, 4.69) is 20.1 Å². The number of aromatic nitrogens is 3. The van der Waals surface area contributed by atoms with Crippen molar-refractivity contribution in [3.63, 3.8) is 0 Å². The Morgan fingerprint density at radius 3 is 2.45 bits per heavy atom. The van der Waals surface area contributed by atoms with Gasteiger partial charge in [0.25, 0.3) is 11.6 Å². The van der Waals surface area contributed by atoms with Gasteiger partial charge in [-0.3, -0.25) is 14.9 Å². The zero-order valence-electron chi connectivity index (χ0n) is 15.6. The lowest BCUT2D eigenvalue weighted by Crippen LogP contribution is -2.27. The van der Waals surface area contributed by atoms with Gasteiger partial charge in [-0.1, -0.05) is 12.1 Å². The Morgan fingerprint density at radius 1 is 1.17 bits per heavy atom. The van der Waals surface area contributed by atoms with Crippen LogP contribution < -0.4 is 5.32 Å². The second kappa shape index (κ2) is 8.30. The number of non-ortho nitro benzene ring substituents is 1. The Kier molecular flexibility index (Phi) is 5.63. The SMILES string of the molecule is COC(=O)c1cc(C(=O)N[C@H](C)c2ccc(-n3cncn3)cc2)cc([N+](=O)[O-])c1. The molecule has 0 bridgehead atoms. The molecule has 1 amide bonds. The average molecular weight is 395 g/mol. The van der Waals surface area contributed by atoms with Crippen LogP contribution in [0.15, 0.2) is 55.1 Å². The number of nitrogens with zero attached hydrogens (tertiary/aromatic N) is 4. The number of nitro groups is 1. The van der Waals surface area contributed by atoms with Gasteiger partial charge in [-0.25, -0.2) is 14.5 Å². The van der Waals surface area contributed by atoms with Gasteiger partial charge in [0.1, 0.15) is 12.7 Å². The van der Waals surface area contributed by atoms with E-state index in [1.165, 1.54) is 12.4 Å². The predicted molar refractivity (Wildman–Crippen MR) is 102 cm³/mol. The van der Waals surface area contributed by atoms with Crippen molar-refractivity contribution in [1.82, 2.24) is 20.1 Å². The summed E-state index contributed by atoms with van der Waals surface area (Å²) in [5.41, 5.74) is 1.18. The third-order valence-electron chi connectivity index (χ3n) is 4.24. The molecular formula is C19H17N5O5. The lowest BCUT2D eigenvalue weighted by molar-refractivity contribution is -0.384. The summed E-state index contributed by atoms with van der Waals surface area (Å²) in [6.45, 7) is 1.78. The maximum Gasteiger partial charge on any atom is 0.338 e. The molecule has 0 aliphatic rings. The number of ether oxygens (including phenoxy) is 1. The number of rotatable bonds is 6. The molecular weight excluding hydrogens is 378 g/mol. The minimum Gasteiger partial charge on any atom is -0.465 e. The Balaban J connectivity index is 1.79. The first-order valence-electron chi connectivity index (χ1n) is 8.52. The minimum absolute atomic E-state index is 0.00862. The highest BCUT2D eigenvalue weighted by molar-refractivity contribution is 5.99. The van der Waals surface area contributed by atoms with Crippen LogP contribution in [0.4, 0.5) is 5.69 Å². The molecule has 3 rings (SSSR count). The van der Waals surface area contributed by atoms with Crippen molar-refractivity contribution in [2.45, 2.75) is 13.0 Å². The smallest absolute Gasteiger partial charge is 0.338 e. The summed E-state index contributed by atoms with van der Waals surface area (Å²) < 4.78 is 6.19. The molecule has 10 heteroatoms. The molecule has 0 spiro atoms. The van der Waals surface area contributed by atoms with Crippen molar-refractivity contribution in [2.24, 2.45) is 0 Å². The molecule has 29 heavy (non-hydrogen) atoms. The maximum absolute atomic E-state index is 12.6. The number of nitro benzene ring substituents is 1. The van der Waals surface area contributed by atoms with Crippen LogP contribution in [-0.2, 0) is 4.74 Å². The highest BCUT2D eigenvalue weighted by Crippen LogP contribution is 2.20. The lowest BCUT2D eigenvalue weighted by atomic mass is 10.1. The van der Waals surface area contributed by atoms with Gasteiger partial charge in [0, 0.05) is 17.7 Å². The molecule has 2 aromatic carbocycles. The molecule has 0 saturated carbocycles. The standard InChI is InChI=1S/C19H17N5O5/c1-12(13-3-5-16(6-4-13)23-11-20-10-21-23)22-18(25)14-7-15(19(26)29-2)9-17(8-14)24(27)28/h3-12H,1-2H3,(H,22,25)/t12-/m1/s1. The van der Waals surface area contributed by atoms with Crippen molar-refractivity contribution in [2.75, 3.05) is 7.11 Å². The van der Waals surface area contributed by atoms with Crippen molar-refractivity contribution in [3.05, 3.63) is 81.9 Å². The van der Waals surface area contributed by atoms with Crippen molar-refractivity contribution < 1.29 is 19.2 Å². The van der Waals surface area contributed by atoms with Crippen molar-refractivity contribution >= 4 is 17.6 Å². The van der Waals surface area contributed by atoms with E-state index in [1.54, 1.807) is 17.9 Å². The number of hydrogen-bond donors (Lipinski definition) is 1. The summed E-state index contributed by atoms with van der Waals surface area (Å²) in [5, 5.41) is 17.9. The number of amides is 1. The second-order valence-corrected chi connectivity index (χ2v) is 6.14. The zero-order chi connectivity index (χ0) is 21.0. The summed E-state index contributed by atoms with van der Waals surface area (Å²) >= 11 is 0. The van der Waals surface area contributed by atoms with Gasteiger partial charge in [0.2, 0.25) is 0 Å². The van der Waals surface area contributed by atoms with Gasteiger partial charge in [-0.2, -0.15) is 5.10 Å². The second-order valence-electron chi connectivity index (χ2n) is 6.14. The summed E-state index contributed by atoms with van der Waals surface area (Å²) in [5.74, 6) is -1.31. The molecule has 0 saturated heterocycles. The van der Waals surface area contributed by atoms with E-state index in [0.29, 0.717) is 0 Å². The fraction of sp³-hybridized carbons (Fsp3) is 0.158. The van der Waals surface area contributed by atoms with Crippen molar-refractivity contribution in [3.8, 4) is 5.69 Å². The molecule has 0 unspecified atom stereocenters. The Bertz CT molecular complexity index is 1050. The average Bonchev–Trinajstić information content (AvgIpc) is 3.27. The number of carbonyl (C=O) groups excluding carboxylic acids is 2. The number of carbonyl (C=O) groups is 2. The van der Waals surface area contributed by atoms with Gasteiger partial charge >= 0.3 is 5.97 Å².